The predicted molar refractivity (Wildman–Crippen MR) is 137 cm³/mol. The number of carbonyl (C=O) groups is 3. The minimum Gasteiger partial charge on any atom is -0.465 e. The maximum atomic E-state index is 13.3. The number of carbonyl (C=O) groups excluding carboxylic acids is 2. The van der Waals surface area contributed by atoms with Crippen molar-refractivity contribution in [3.63, 3.8) is 0 Å². The van der Waals surface area contributed by atoms with Crippen LogP contribution in [0.25, 0.3) is 0 Å². The smallest absolute Gasteiger partial charge is 0.407 e. The highest BCUT2D eigenvalue weighted by Crippen LogP contribution is 2.46. The highest BCUT2D eigenvalue weighted by molar-refractivity contribution is 6.38. The first-order chi connectivity index (χ1) is 16.8. The fourth-order valence-corrected chi connectivity index (χ4v) is 4.96. The summed E-state index contributed by atoms with van der Waals surface area (Å²) in [5.74, 6) is -1.39. The second-order valence-electron chi connectivity index (χ2n) is 9.88. The molecule has 2 atom stereocenters. The molecule has 6 heteroatoms. The number of unbranched alkanes of at least 4 members (excludes halogenated alkanes) is 1. The van der Waals surface area contributed by atoms with Crippen LogP contribution in [0, 0.1) is 5.41 Å². The Hall–Kier alpha value is -3.15. The molecule has 1 saturated carbocycles. The van der Waals surface area contributed by atoms with Crippen LogP contribution in [0.2, 0.25) is 0 Å². The topological polar surface area (TPSA) is 86.7 Å². The number of rotatable bonds is 13. The van der Waals surface area contributed by atoms with Gasteiger partial charge in [-0.2, -0.15) is 0 Å². The number of hydrogen-bond donors (Lipinski definition) is 2. The zero-order valence-electron chi connectivity index (χ0n) is 20.9. The van der Waals surface area contributed by atoms with E-state index in [4.69, 9.17) is 0 Å². The van der Waals surface area contributed by atoms with Gasteiger partial charge in [-0.25, -0.2) is 4.79 Å². The van der Waals surface area contributed by atoms with Gasteiger partial charge in [0.05, 0.1) is 6.04 Å². The first-order valence-corrected chi connectivity index (χ1v) is 12.8. The lowest BCUT2D eigenvalue weighted by molar-refractivity contribution is -0.141. The van der Waals surface area contributed by atoms with E-state index < -0.39 is 23.8 Å². The molecule has 1 fully saturated rings. The van der Waals surface area contributed by atoms with Crippen molar-refractivity contribution in [2.45, 2.75) is 77.3 Å². The first-order valence-electron chi connectivity index (χ1n) is 12.8. The standard InChI is InChI=1S/C29H38N2O4/c1-3-4-16-25(26(32)27(33)30-22(2)24-14-9-6-10-15-24)31(28(34)35)21-29(18-11-19-29)20-17-23-12-7-5-8-13-23/h5-10,12-15,22,25H,3-4,11,16-21H2,1-2H3,(H,30,33)(H,34,35)/t22-,25+/m1/s1. The number of benzene rings is 2. The van der Waals surface area contributed by atoms with Gasteiger partial charge in [-0.15, -0.1) is 0 Å². The molecule has 2 aromatic rings. The molecule has 0 radical (unpaired) electrons. The van der Waals surface area contributed by atoms with Gasteiger partial charge in [0.15, 0.2) is 0 Å². The molecular formula is C29H38N2O4. The average molecular weight is 479 g/mol. The molecular weight excluding hydrogens is 440 g/mol. The maximum Gasteiger partial charge on any atom is 0.407 e. The van der Waals surface area contributed by atoms with Crippen molar-refractivity contribution in [2.24, 2.45) is 5.41 Å². The van der Waals surface area contributed by atoms with Gasteiger partial charge in [0.2, 0.25) is 5.78 Å². The van der Waals surface area contributed by atoms with E-state index in [-0.39, 0.29) is 18.0 Å². The largest absolute Gasteiger partial charge is 0.465 e. The lowest BCUT2D eigenvalue weighted by Crippen LogP contribution is -2.54. The third-order valence-electron chi connectivity index (χ3n) is 7.33. The number of hydrogen-bond acceptors (Lipinski definition) is 3. The molecule has 3 rings (SSSR count). The van der Waals surface area contributed by atoms with Crippen LogP contribution in [0.4, 0.5) is 4.79 Å². The number of Topliss-reactive ketones (excluding diaryl/α,β-unsaturated/α-hetero) is 1. The van der Waals surface area contributed by atoms with E-state index in [2.05, 4.69) is 17.4 Å². The monoisotopic (exact) mass is 478 g/mol. The number of carboxylic acid groups (broad SMARTS) is 1. The van der Waals surface area contributed by atoms with Crippen LogP contribution in [0.1, 0.15) is 76.0 Å². The number of aryl methyl sites for hydroxylation is 1. The van der Waals surface area contributed by atoms with Crippen molar-refractivity contribution in [3.8, 4) is 0 Å². The van der Waals surface area contributed by atoms with E-state index in [1.54, 1.807) is 0 Å². The van der Waals surface area contributed by atoms with E-state index in [0.29, 0.717) is 12.8 Å². The van der Waals surface area contributed by atoms with Crippen molar-refractivity contribution < 1.29 is 19.5 Å². The number of nitrogens with zero attached hydrogens (tertiary/aromatic N) is 1. The predicted octanol–water partition coefficient (Wildman–Crippen LogP) is 5.77. The van der Waals surface area contributed by atoms with Gasteiger partial charge in [0, 0.05) is 6.54 Å². The van der Waals surface area contributed by atoms with E-state index in [9.17, 15) is 19.5 Å². The third kappa shape index (κ3) is 7.17. The zero-order valence-corrected chi connectivity index (χ0v) is 20.9. The SMILES string of the molecule is CCCC[C@@H](C(=O)C(=O)N[C@H](C)c1ccccc1)N(CC1(CCc2ccccc2)CCC1)C(=O)O. The van der Waals surface area contributed by atoms with Crippen LogP contribution in [-0.4, -0.2) is 40.4 Å². The number of nitrogens with one attached hydrogen (secondary N) is 1. The van der Waals surface area contributed by atoms with Crippen LogP contribution in [-0.2, 0) is 16.0 Å². The lowest BCUT2D eigenvalue weighted by atomic mass is 9.65. The van der Waals surface area contributed by atoms with Crippen LogP contribution in [0.15, 0.2) is 60.7 Å². The van der Waals surface area contributed by atoms with Crippen molar-refractivity contribution in [2.75, 3.05) is 6.54 Å². The molecule has 2 aromatic carbocycles. The Morgan fingerprint density at radius 2 is 1.66 bits per heavy atom. The van der Waals surface area contributed by atoms with Crippen molar-refractivity contribution in [1.82, 2.24) is 10.2 Å². The zero-order chi connectivity index (χ0) is 25.3. The highest BCUT2D eigenvalue weighted by Gasteiger charge is 2.43. The molecule has 1 aliphatic rings. The Balaban J connectivity index is 1.73. The van der Waals surface area contributed by atoms with Gasteiger partial charge in [-0.1, -0.05) is 86.8 Å². The Labute approximate surface area is 208 Å². The first kappa shape index (κ1) is 26.5. The third-order valence-corrected chi connectivity index (χ3v) is 7.33. The minimum absolute atomic E-state index is 0.146. The molecule has 188 valence electrons. The van der Waals surface area contributed by atoms with Crippen LogP contribution in [0.3, 0.4) is 0 Å². The van der Waals surface area contributed by atoms with Crippen LogP contribution in [0.5, 0.6) is 0 Å². The molecule has 6 nitrogen and oxygen atoms in total. The fraction of sp³-hybridized carbons (Fsp3) is 0.483. The van der Waals surface area contributed by atoms with Gasteiger partial charge in [0.1, 0.15) is 6.04 Å². The molecule has 2 N–H and O–H groups in total. The summed E-state index contributed by atoms with van der Waals surface area (Å²) >= 11 is 0. The van der Waals surface area contributed by atoms with Crippen LogP contribution < -0.4 is 5.32 Å². The molecule has 1 aliphatic carbocycles. The quantitative estimate of drug-likeness (QED) is 0.358. The van der Waals surface area contributed by atoms with E-state index in [1.165, 1.54) is 10.5 Å². The van der Waals surface area contributed by atoms with Crippen LogP contribution >= 0.6 is 0 Å². The molecule has 0 heterocycles. The summed E-state index contributed by atoms with van der Waals surface area (Å²) in [6, 6.07) is 18.3. The number of amides is 2. The van der Waals surface area contributed by atoms with Gasteiger partial charge in [-0.3, -0.25) is 14.5 Å². The minimum atomic E-state index is -1.13. The Morgan fingerprint density at radius 1 is 1.03 bits per heavy atom. The van der Waals surface area contributed by atoms with E-state index in [0.717, 1.165) is 44.1 Å². The summed E-state index contributed by atoms with van der Waals surface area (Å²) in [6.07, 6.45) is 5.40. The Morgan fingerprint density at radius 3 is 2.20 bits per heavy atom. The molecule has 0 bridgehead atoms. The number of ketones is 1. The van der Waals surface area contributed by atoms with Gasteiger partial charge in [0.25, 0.3) is 5.91 Å². The Bertz CT molecular complexity index is 973. The summed E-state index contributed by atoms with van der Waals surface area (Å²) in [4.78, 5) is 39.9. The van der Waals surface area contributed by atoms with E-state index >= 15 is 0 Å². The maximum absolute atomic E-state index is 13.3. The summed E-state index contributed by atoms with van der Waals surface area (Å²) in [5.41, 5.74) is 1.98. The molecule has 0 unspecified atom stereocenters. The van der Waals surface area contributed by atoms with Gasteiger partial charge >= 0.3 is 6.09 Å². The second kappa shape index (κ2) is 12.5. The molecule has 0 aliphatic heterocycles. The molecule has 0 aromatic heterocycles. The second-order valence-corrected chi connectivity index (χ2v) is 9.88. The lowest BCUT2D eigenvalue weighted by Gasteiger charge is -2.46. The van der Waals surface area contributed by atoms with E-state index in [1.807, 2.05) is 62.4 Å². The molecule has 0 spiro atoms. The molecule has 35 heavy (non-hydrogen) atoms. The van der Waals surface area contributed by atoms with Crippen molar-refractivity contribution in [3.05, 3.63) is 71.8 Å². The highest BCUT2D eigenvalue weighted by atomic mass is 16.4. The molecule has 0 saturated heterocycles. The van der Waals surface area contributed by atoms with Gasteiger partial charge in [-0.05, 0) is 55.6 Å². The van der Waals surface area contributed by atoms with Gasteiger partial charge < -0.3 is 10.4 Å². The fourth-order valence-electron chi connectivity index (χ4n) is 4.96. The normalized spacial score (nSPS) is 15.9. The molecule has 2 amide bonds. The average Bonchev–Trinajstić information content (AvgIpc) is 2.85. The summed E-state index contributed by atoms with van der Waals surface area (Å²) < 4.78 is 0. The summed E-state index contributed by atoms with van der Waals surface area (Å²) in [6.45, 7) is 4.11. The summed E-state index contributed by atoms with van der Waals surface area (Å²) in [7, 11) is 0. The van der Waals surface area contributed by atoms with Crippen molar-refractivity contribution in [1.29, 1.82) is 0 Å². The van der Waals surface area contributed by atoms with Crippen molar-refractivity contribution >= 4 is 17.8 Å². The Kier molecular flexibility index (Phi) is 9.47. The summed E-state index contributed by atoms with van der Waals surface area (Å²) in [5, 5.41) is 12.9.